The molecule has 0 saturated heterocycles. The van der Waals surface area contributed by atoms with Crippen molar-refractivity contribution in [2.45, 2.75) is 26.2 Å². The van der Waals surface area contributed by atoms with E-state index in [1.807, 2.05) is 0 Å². The van der Waals surface area contributed by atoms with Crippen molar-refractivity contribution in [2.75, 3.05) is 0 Å². The third-order valence-electron chi connectivity index (χ3n) is 2.21. The number of aromatic nitrogens is 1. The fraction of sp³-hybridized carbons (Fsp3) is 0.364. The van der Waals surface area contributed by atoms with E-state index < -0.39 is 0 Å². The SMILES string of the molecule is CC(C)(C)c1cccc2nscc12. The topological polar surface area (TPSA) is 12.9 Å². The number of hydrogen-bond donors (Lipinski definition) is 0. The molecule has 0 atom stereocenters. The number of benzene rings is 1. The smallest absolute Gasteiger partial charge is 0.0843 e. The first kappa shape index (κ1) is 8.70. The minimum absolute atomic E-state index is 0.211. The van der Waals surface area contributed by atoms with E-state index in [4.69, 9.17) is 0 Å². The summed E-state index contributed by atoms with van der Waals surface area (Å²) in [6.45, 7) is 6.71. The van der Waals surface area contributed by atoms with Crippen molar-refractivity contribution in [3.63, 3.8) is 0 Å². The van der Waals surface area contributed by atoms with E-state index in [0.29, 0.717) is 0 Å². The van der Waals surface area contributed by atoms with Crippen molar-refractivity contribution in [3.05, 3.63) is 29.1 Å². The Morgan fingerprint density at radius 2 is 2.00 bits per heavy atom. The molecule has 1 aromatic carbocycles. The maximum absolute atomic E-state index is 4.33. The van der Waals surface area contributed by atoms with Crippen molar-refractivity contribution >= 4 is 22.4 Å². The van der Waals surface area contributed by atoms with Crippen LogP contribution in [0.1, 0.15) is 26.3 Å². The summed E-state index contributed by atoms with van der Waals surface area (Å²) >= 11 is 1.53. The van der Waals surface area contributed by atoms with Crippen molar-refractivity contribution in [1.29, 1.82) is 0 Å². The first-order chi connectivity index (χ1) is 6.09. The van der Waals surface area contributed by atoms with Crippen molar-refractivity contribution < 1.29 is 0 Å². The van der Waals surface area contributed by atoms with Gasteiger partial charge >= 0.3 is 0 Å². The number of hydrogen-bond acceptors (Lipinski definition) is 2. The molecule has 2 rings (SSSR count). The van der Waals surface area contributed by atoms with Gasteiger partial charge in [0.15, 0.2) is 0 Å². The van der Waals surface area contributed by atoms with E-state index in [1.165, 1.54) is 22.5 Å². The Kier molecular flexibility index (Phi) is 1.88. The Balaban J connectivity index is 2.75. The van der Waals surface area contributed by atoms with Gasteiger partial charge in [0, 0.05) is 10.8 Å². The molecule has 0 aliphatic heterocycles. The van der Waals surface area contributed by atoms with Gasteiger partial charge in [0.25, 0.3) is 0 Å². The summed E-state index contributed by atoms with van der Waals surface area (Å²) in [5, 5.41) is 3.44. The Hall–Kier alpha value is -0.890. The van der Waals surface area contributed by atoms with Gasteiger partial charge in [-0.05, 0) is 28.6 Å². The van der Waals surface area contributed by atoms with Crippen LogP contribution in [-0.2, 0) is 5.41 Å². The predicted molar refractivity (Wildman–Crippen MR) is 58.3 cm³/mol. The van der Waals surface area contributed by atoms with Crippen molar-refractivity contribution in [1.82, 2.24) is 4.37 Å². The Bertz CT molecular complexity index is 423. The summed E-state index contributed by atoms with van der Waals surface area (Å²) in [5.41, 5.74) is 2.72. The molecule has 0 radical (unpaired) electrons. The number of rotatable bonds is 0. The van der Waals surface area contributed by atoms with E-state index >= 15 is 0 Å². The second kappa shape index (κ2) is 2.81. The second-order valence-electron chi connectivity index (χ2n) is 4.30. The summed E-state index contributed by atoms with van der Waals surface area (Å²) in [5.74, 6) is 0. The molecular formula is C11H13NS. The van der Waals surface area contributed by atoms with Gasteiger partial charge in [-0.25, -0.2) is 0 Å². The fourth-order valence-electron chi connectivity index (χ4n) is 1.55. The van der Waals surface area contributed by atoms with E-state index in [0.717, 1.165) is 5.52 Å². The summed E-state index contributed by atoms with van der Waals surface area (Å²) in [6, 6.07) is 6.35. The Morgan fingerprint density at radius 3 is 2.69 bits per heavy atom. The second-order valence-corrected chi connectivity index (χ2v) is 4.93. The molecule has 0 unspecified atom stereocenters. The van der Waals surface area contributed by atoms with Gasteiger partial charge in [-0.3, -0.25) is 0 Å². The van der Waals surface area contributed by atoms with Gasteiger partial charge in [-0.15, -0.1) is 0 Å². The van der Waals surface area contributed by atoms with Gasteiger partial charge in [0.2, 0.25) is 0 Å². The largest absolute Gasteiger partial charge is 0.193 e. The summed E-state index contributed by atoms with van der Waals surface area (Å²) in [6.07, 6.45) is 0. The van der Waals surface area contributed by atoms with Crippen LogP contribution >= 0.6 is 11.5 Å². The van der Waals surface area contributed by atoms with Crippen LogP contribution in [0, 0.1) is 0 Å². The van der Waals surface area contributed by atoms with Crippen molar-refractivity contribution in [2.24, 2.45) is 0 Å². The molecule has 0 bridgehead atoms. The molecule has 0 fully saturated rings. The highest BCUT2D eigenvalue weighted by atomic mass is 32.1. The zero-order valence-electron chi connectivity index (χ0n) is 8.16. The zero-order valence-corrected chi connectivity index (χ0v) is 8.98. The molecule has 1 aromatic heterocycles. The maximum atomic E-state index is 4.33. The molecule has 0 spiro atoms. The van der Waals surface area contributed by atoms with E-state index in [9.17, 15) is 0 Å². The summed E-state index contributed by atoms with van der Waals surface area (Å²) in [7, 11) is 0. The highest BCUT2D eigenvalue weighted by Crippen LogP contribution is 2.30. The van der Waals surface area contributed by atoms with Gasteiger partial charge in [-0.2, -0.15) is 4.37 Å². The molecule has 0 saturated carbocycles. The molecule has 13 heavy (non-hydrogen) atoms. The number of nitrogens with zero attached hydrogens (tertiary/aromatic N) is 1. The van der Waals surface area contributed by atoms with Crippen LogP contribution in [0.5, 0.6) is 0 Å². The summed E-state index contributed by atoms with van der Waals surface area (Å²) < 4.78 is 4.33. The van der Waals surface area contributed by atoms with Crippen LogP contribution in [0.25, 0.3) is 10.9 Å². The third kappa shape index (κ3) is 1.46. The highest BCUT2D eigenvalue weighted by molar-refractivity contribution is 7.04. The molecule has 0 aliphatic rings. The molecule has 0 aliphatic carbocycles. The van der Waals surface area contributed by atoms with Crippen LogP contribution in [0.2, 0.25) is 0 Å². The quantitative estimate of drug-likeness (QED) is 0.620. The normalized spacial score (nSPS) is 12.2. The molecule has 0 N–H and O–H groups in total. The lowest BCUT2D eigenvalue weighted by Gasteiger charge is -2.19. The molecule has 1 heterocycles. The summed E-state index contributed by atoms with van der Waals surface area (Å²) in [4.78, 5) is 0. The standard InChI is InChI=1S/C11H13NS/c1-11(2,3)9-5-4-6-10-8(9)7-13-12-10/h4-7H,1-3H3. The van der Waals surface area contributed by atoms with E-state index in [1.54, 1.807) is 0 Å². The molecular weight excluding hydrogens is 178 g/mol. The van der Waals surface area contributed by atoms with Gasteiger partial charge < -0.3 is 0 Å². The lowest BCUT2D eigenvalue weighted by Crippen LogP contribution is -2.10. The molecule has 2 aromatic rings. The Labute approximate surface area is 82.6 Å². The minimum atomic E-state index is 0.211. The van der Waals surface area contributed by atoms with Crippen LogP contribution in [0.4, 0.5) is 0 Å². The molecule has 2 heteroatoms. The average Bonchev–Trinajstić information content (AvgIpc) is 2.48. The minimum Gasteiger partial charge on any atom is -0.193 e. The van der Waals surface area contributed by atoms with E-state index in [-0.39, 0.29) is 5.41 Å². The van der Waals surface area contributed by atoms with Crippen molar-refractivity contribution in [3.8, 4) is 0 Å². The van der Waals surface area contributed by atoms with E-state index in [2.05, 4.69) is 48.7 Å². The van der Waals surface area contributed by atoms with Gasteiger partial charge in [0.1, 0.15) is 0 Å². The first-order valence-corrected chi connectivity index (χ1v) is 5.26. The zero-order chi connectivity index (χ0) is 9.47. The highest BCUT2D eigenvalue weighted by Gasteiger charge is 2.16. The van der Waals surface area contributed by atoms with Gasteiger partial charge in [-0.1, -0.05) is 32.9 Å². The monoisotopic (exact) mass is 191 g/mol. The molecule has 0 amide bonds. The van der Waals surface area contributed by atoms with Crippen LogP contribution in [-0.4, -0.2) is 4.37 Å². The predicted octanol–water partition coefficient (Wildman–Crippen LogP) is 3.59. The molecule has 68 valence electrons. The lowest BCUT2D eigenvalue weighted by atomic mass is 9.85. The van der Waals surface area contributed by atoms with Gasteiger partial charge in [0.05, 0.1) is 5.52 Å². The van der Waals surface area contributed by atoms with Crippen LogP contribution in [0.15, 0.2) is 23.6 Å². The maximum Gasteiger partial charge on any atom is 0.0843 e. The third-order valence-corrected chi connectivity index (χ3v) is 2.86. The fourth-order valence-corrected chi connectivity index (χ4v) is 2.22. The molecule has 1 nitrogen and oxygen atoms in total. The Morgan fingerprint density at radius 1 is 1.23 bits per heavy atom. The van der Waals surface area contributed by atoms with Crippen LogP contribution in [0.3, 0.4) is 0 Å². The van der Waals surface area contributed by atoms with Crippen LogP contribution < -0.4 is 0 Å². The average molecular weight is 191 g/mol. The lowest BCUT2D eigenvalue weighted by molar-refractivity contribution is 0.596. The first-order valence-electron chi connectivity index (χ1n) is 4.42. The number of fused-ring (bicyclic) bond motifs is 1.